The maximum atomic E-state index is 12.2. The molecule has 5 nitrogen and oxygen atoms in total. The fraction of sp³-hybridized carbons (Fsp3) is 0.917. The average molecular weight is 277 g/mol. The first-order valence-electron chi connectivity index (χ1n) is 6.48. The van der Waals surface area contributed by atoms with Crippen molar-refractivity contribution in [3.8, 4) is 0 Å². The summed E-state index contributed by atoms with van der Waals surface area (Å²) in [5, 5.41) is -0.509. The third kappa shape index (κ3) is 3.45. The van der Waals surface area contributed by atoms with Gasteiger partial charge in [0.05, 0.1) is 11.4 Å². The molecule has 0 radical (unpaired) electrons. The normalized spacial score (nSPS) is 22.4. The lowest BCUT2D eigenvalue weighted by Crippen LogP contribution is -2.51. The van der Waals surface area contributed by atoms with Crippen LogP contribution < -0.4 is 0 Å². The highest BCUT2D eigenvalue weighted by Crippen LogP contribution is 2.24. The molecule has 0 aromatic heterocycles. The van der Waals surface area contributed by atoms with Crippen LogP contribution in [-0.2, 0) is 19.6 Å². The van der Waals surface area contributed by atoms with Gasteiger partial charge in [-0.3, -0.25) is 4.79 Å². The van der Waals surface area contributed by atoms with Crippen LogP contribution in [0.15, 0.2) is 0 Å². The van der Waals surface area contributed by atoms with Gasteiger partial charge in [0.1, 0.15) is 6.04 Å². The number of nitrogens with zero attached hydrogens (tertiary/aromatic N) is 1. The minimum Gasteiger partial charge on any atom is -0.462 e. The molecule has 1 rings (SSSR count). The smallest absolute Gasteiger partial charge is 0.324 e. The van der Waals surface area contributed by atoms with Crippen LogP contribution in [0.5, 0.6) is 0 Å². The summed E-state index contributed by atoms with van der Waals surface area (Å²) in [6.07, 6.45) is 2.00. The molecule has 1 fully saturated rings. The van der Waals surface area contributed by atoms with Crippen LogP contribution in [0.1, 0.15) is 47.0 Å². The lowest BCUT2D eigenvalue weighted by Gasteiger charge is -2.34. The summed E-state index contributed by atoms with van der Waals surface area (Å²) >= 11 is 0. The fourth-order valence-electron chi connectivity index (χ4n) is 2.03. The zero-order chi connectivity index (χ0) is 13.9. The van der Waals surface area contributed by atoms with Gasteiger partial charge in [-0.2, -0.15) is 4.31 Å². The van der Waals surface area contributed by atoms with E-state index in [-0.39, 0.29) is 6.10 Å². The number of piperidine rings is 1. The Kier molecular flexibility index (Phi) is 5.16. The summed E-state index contributed by atoms with van der Waals surface area (Å²) in [5.74, 6) is -0.422. The van der Waals surface area contributed by atoms with Gasteiger partial charge >= 0.3 is 5.97 Å². The molecule has 1 aliphatic heterocycles. The number of esters is 1. The summed E-state index contributed by atoms with van der Waals surface area (Å²) < 4.78 is 30.9. The molecule has 1 aliphatic rings. The fourth-order valence-corrected chi connectivity index (χ4v) is 3.50. The van der Waals surface area contributed by atoms with Gasteiger partial charge in [-0.25, -0.2) is 8.42 Å². The Bertz CT molecular complexity index is 389. The summed E-state index contributed by atoms with van der Waals surface area (Å²) in [7, 11) is -3.40. The van der Waals surface area contributed by atoms with Gasteiger partial charge in [-0.05, 0) is 47.0 Å². The van der Waals surface area contributed by atoms with E-state index < -0.39 is 27.3 Å². The van der Waals surface area contributed by atoms with E-state index in [0.29, 0.717) is 13.0 Å². The van der Waals surface area contributed by atoms with Gasteiger partial charge in [0, 0.05) is 6.54 Å². The minimum absolute atomic E-state index is 0.219. The third-order valence-electron chi connectivity index (χ3n) is 3.00. The summed E-state index contributed by atoms with van der Waals surface area (Å²) in [6, 6.07) is -0.645. The molecule has 1 heterocycles. The predicted molar refractivity (Wildman–Crippen MR) is 69.6 cm³/mol. The van der Waals surface area contributed by atoms with Crippen molar-refractivity contribution in [1.82, 2.24) is 4.31 Å². The molecule has 0 bridgehead atoms. The zero-order valence-corrected chi connectivity index (χ0v) is 12.4. The molecule has 1 unspecified atom stereocenters. The molecule has 6 heteroatoms. The number of hydrogen-bond acceptors (Lipinski definition) is 4. The van der Waals surface area contributed by atoms with Crippen molar-refractivity contribution < 1.29 is 17.9 Å². The molecule has 1 saturated heterocycles. The molecule has 106 valence electrons. The van der Waals surface area contributed by atoms with E-state index >= 15 is 0 Å². The molecule has 1 atom stereocenters. The van der Waals surface area contributed by atoms with Gasteiger partial charge in [0.2, 0.25) is 10.0 Å². The predicted octanol–water partition coefficient (Wildman–Crippen LogP) is 1.53. The number of carbonyl (C=O) groups excluding carboxylic acids is 1. The van der Waals surface area contributed by atoms with Crippen LogP contribution in [0.3, 0.4) is 0 Å². The standard InChI is InChI=1S/C12H23NO4S/c1-9(2)17-12(14)11-7-5-6-8-13(11)18(15,16)10(3)4/h9-11H,5-8H2,1-4H3. The largest absolute Gasteiger partial charge is 0.462 e. The monoisotopic (exact) mass is 277 g/mol. The van der Waals surface area contributed by atoms with Gasteiger partial charge < -0.3 is 4.74 Å². The molecule has 0 N–H and O–H groups in total. The van der Waals surface area contributed by atoms with Gasteiger partial charge in [-0.15, -0.1) is 0 Å². The number of sulfonamides is 1. The molecule has 0 amide bonds. The highest BCUT2D eigenvalue weighted by molar-refractivity contribution is 7.89. The van der Waals surface area contributed by atoms with Crippen LogP contribution in [0.25, 0.3) is 0 Å². The van der Waals surface area contributed by atoms with Crippen LogP contribution >= 0.6 is 0 Å². The Balaban J connectivity index is 2.90. The second-order valence-corrected chi connectivity index (χ2v) is 7.64. The van der Waals surface area contributed by atoms with Crippen molar-refractivity contribution in [3.63, 3.8) is 0 Å². The summed E-state index contributed by atoms with van der Waals surface area (Å²) in [4.78, 5) is 12.0. The molecule has 0 saturated carbocycles. The van der Waals surface area contributed by atoms with Crippen molar-refractivity contribution in [1.29, 1.82) is 0 Å². The molecular formula is C12H23NO4S. The molecule has 0 aromatic rings. The SMILES string of the molecule is CC(C)OC(=O)C1CCCCN1S(=O)(=O)C(C)C. The molecule has 0 aromatic carbocycles. The van der Waals surface area contributed by atoms with E-state index in [0.717, 1.165) is 12.8 Å². The number of rotatable bonds is 4. The van der Waals surface area contributed by atoms with Gasteiger partial charge in [0.15, 0.2) is 0 Å². The lowest BCUT2D eigenvalue weighted by molar-refractivity contribution is -0.153. The van der Waals surface area contributed by atoms with E-state index in [9.17, 15) is 13.2 Å². The Morgan fingerprint density at radius 3 is 2.33 bits per heavy atom. The molecule has 0 aliphatic carbocycles. The van der Waals surface area contributed by atoms with E-state index in [2.05, 4.69) is 0 Å². The first-order valence-corrected chi connectivity index (χ1v) is 7.98. The summed E-state index contributed by atoms with van der Waals surface area (Å²) in [6.45, 7) is 7.21. The van der Waals surface area contributed by atoms with Crippen LogP contribution in [0, 0.1) is 0 Å². The van der Waals surface area contributed by atoms with Crippen LogP contribution in [0.4, 0.5) is 0 Å². The Labute approximate surface area is 110 Å². The quantitative estimate of drug-likeness (QED) is 0.731. The zero-order valence-electron chi connectivity index (χ0n) is 11.5. The van der Waals surface area contributed by atoms with Crippen LogP contribution in [-0.4, -0.2) is 42.6 Å². The number of ether oxygens (including phenoxy) is 1. The minimum atomic E-state index is -3.40. The first kappa shape index (κ1) is 15.4. The Hall–Kier alpha value is -0.620. The maximum Gasteiger partial charge on any atom is 0.324 e. The second-order valence-electron chi connectivity index (χ2n) is 5.20. The van der Waals surface area contributed by atoms with E-state index in [1.165, 1.54) is 4.31 Å². The Morgan fingerprint density at radius 2 is 1.83 bits per heavy atom. The molecular weight excluding hydrogens is 254 g/mol. The highest BCUT2D eigenvalue weighted by atomic mass is 32.2. The topological polar surface area (TPSA) is 63.7 Å². The summed E-state index contributed by atoms with van der Waals surface area (Å²) in [5.41, 5.74) is 0. The van der Waals surface area contributed by atoms with Crippen molar-refractivity contribution in [2.45, 2.75) is 64.4 Å². The van der Waals surface area contributed by atoms with Crippen molar-refractivity contribution in [3.05, 3.63) is 0 Å². The third-order valence-corrected chi connectivity index (χ3v) is 5.28. The van der Waals surface area contributed by atoms with Crippen molar-refractivity contribution >= 4 is 16.0 Å². The Morgan fingerprint density at radius 1 is 1.22 bits per heavy atom. The average Bonchev–Trinajstić information content (AvgIpc) is 2.27. The molecule has 0 spiro atoms. The lowest BCUT2D eigenvalue weighted by atomic mass is 10.1. The maximum absolute atomic E-state index is 12.2. The van der Waals surface area contributed by atoms with Crippen LogP contribution in [0.2, 0.25) is 0 Å². The van der Waals surface area contributed by atoms with E-state index in [1.54, 1.807) is 27.7 Å². The van der Waals surface area contributed by atoms with E-state index in [1.807, 2.05) is 0 Å². The van der Waals surface area contributed by atoms with Gasteiger partial charge in [0.25, 0.3) is 0 Å². The number of hydrogen-bond donors (Lipinski definition) is 0. The highest BCUT2D eigenvalue weighted by Gasteiger charge is 2.39. The number of carbonyl (C=O) groups is 1. The second kappa shape index (κ2) is 6.02. The van der Waals surface area contributed by atoms with E-state index in [4.69, 9.17) is 4.74 Å². The van der Waals surface area contributed by atoms with Crippen molar-refractivity contribution in [2.75, 3.05) is 6.54 Å². The first-order chi connectivity index (χ1) is 8.26. The van der Waals surface area contributed by atoms with Gasteiger partial charge in [-0.1, -0.05) is 0 Å². The molecule has 18 heavy (non-hydrogen) atoms. The van der Waals surface area contributed by atoms with Crippen molar-refractivity contribution in [2.24, 2.45) is 0 Å².